The van der Waals surface area contributed by atoms with E-state index in [4.69, 9.17) is 14.5 Å². The number of aromatic hydroxyl groups is 1. The number of hydrogen-bond acceptors (Lipinski definition) is 10. The van der Waals surface area contributed by atoms with Crippen molar-refractivity contribution in [2.45, 2.75) is 117 Å². The Labute approximate surface area is 399 Å². The number of cyclic esters (lactones) is 1. The van der Waals surface area contributed by atoms with Crippen LogP contribution in [0.25, 0.3) is 33.3 Å². The Hall–Kier alpha value is -6.06. The molecule has 3 fully saturated rings. The molecule has 4 aliphatic heterocycles. The van der Waals surface area contributed by atoms with Crippen LogP contribution in [0.5, 0.6) is 5.75 Å². The van der Waals surface area contributed by atoms with Crippen LogP contribution in [-0.2, 0) is 52.8 Å². The monoisotopic (exact) mass is 930 g/mol. The maximum absolute atomic E-state index is 14.8. The number of likely N-dealkylation sites (tertiary alicyclic amines) is 2. The lowest BCUT2D eigenvalue weighted by atomic mass is 9.77. The molecule has 68 heavy (non-hydrogen) atoms. The molecule has 4 amide bonds. The molecule has 1 spiro atoms. The molecule has 4 atom stereocenters. The first-order valence-electron chi connectivity index (χ1n) is 24.2. The van der Waals surface area contributed by atoms with Crippen LogP contribution >= 0.6 is 0 Å². The highest BCUT2D eigenvalue weighted by Gasteiger charge is 2.52. The van der Waals surface area contributed by atoms with E-state index >= 15 is 0 Å². The summed E-state index contributed by atoms with van der Waals surface area (Å²) in [7, 11) is 1.67. The lowest BCUT2D eigenvalue weighted by Gasteiger charge is -2.39. The van der Waals surface area contributed by atoms with E-state index in [1.165, 1.54) is 11.1 Å². The number of fused-ring (bicyclic) bond motifs is 6. The molecule has 8 rings (SSSR count). The van der Waals surface area contributed by atoms with E-state index in [9.17, 15) is 29.1 Å². The first-order valence-corrected chi connectivity index (χ1v) is 24.2. The summed E-state index contributed by atoms with van der Waals surface area (Å²) in [5.41, 5.74) is 8.94. The fourth-order valence-electron chi connectivity index (χ4n) is 11.0. The number of carbonyl (C=O) groups excluding carboxylic acids is 5. The Balaban J connectivity index is 1.19. The number of rotatable bonds is 9. The largest absolute Gasteiger partial charge is 0.508 e. The van der Waals surface area contributed by atoms with Gasteiger partial charge in [0.15, 0.2) is 0 Å². The second-order valence-electron chi connectivity index (χ2n) is 20.3. The summed E-state index contributed by atoms with van der Waals surface area (Å²) in [5.74, 6) is -1.97. The van der Waals surface area contributed by atoms with E-state index in [0.717, 1.165) is 44.5 Å². The van der Waals surface area contributed by atoms with E-state index < -0.39 is 46.7 Å². The van der Waals surface area contributed by atoms with Gasteiger partial charge in [-0.15, -0.1) is 0 Å². The summed E-state index contributed by atoms with van der Waals surface area (Å²) in [6.45, 7) is 18.0. The number of amides is 4. The maximum atomic E-state index is 14.8. The predicted molar refractivity (Wildman–Crippen MR) is 259 cm³/mol. The number of piperidine rings is 1. The van der Waals surface area contributed by atoms with Crippen molar-refractivity contribution in [3.05, 3.63) is 84.2 Å². The summed E-state index contributed by atoms with van der Waals surface area (Å²) in [4.78, 5) is 78.4. The molecule has 4 aromatic rings. The van der Waals surface area contributed by atoms with Crippen LogP contribution in [0.3, 0.4) is 0 Å². The van der Waals surface area contributed by atoms with Crippen molar-refractivity contribution in [3.8, 4) is 28.1 Å². The standard InChI is InChI=1S/C53H67N7O8/c1-9-44(62)57-22-17-53(18-23-57)19-24-59(51(53)66)46(32(3)4)48(63)55-42-27-34-25-36(28-37(61)26-34)35-15-16-43-39(29-35)40(47(58(43)10-2)38-13-11-20-54-45(38)33(5)67-8)30-52(6,7)31-68-50(65)41-14-12-21-60(56-41)49(42)64/h9,11,13,15-16,20,25-26,28-29,32-33,41-42,46,56,61H,1,10,12,14,17-19,21-24,27,30-31H2,2-8H3,(H,55,63)/t33-,41-,42-,46?/m0/s1. The number of aryl methyl sites for hydroxylation is 1. The number of benzene rings is 2. The third-order valence-corrected chi connectivity index (χ3v) is 14.7. The van der Waals surface area contributed by atoms with Crippen LogP contribution in [0.1, 0.15) is 96.6 Å². The third-order valence-electron chi connectivity index (χ3n) is 14.7. The number of aromatic nitrogens is 2. The molecule has 15 nitrogen and oxygen atoms in total. The van der Waals surface area contributed by atoms with E-state index in [-0.39, 0.29) is 49.2 Å². The van der Waals surface area contributed by atoms with Gasteiger partial charge in [-0.1, -0.05) is 46.4 Å². The minimum atomic E-state index is -1.14. The topological polar surface area (TPSA) is 176 Å². The molecule has 4 aliphatic rings. The van der Waals surface area contributed by atoms with Gasteiger partial charge in [0.2, 0.25) is 17.7 Å². The van der Waals surface area contributed by atoms with E-state index in [1.807, 2.05) is 39.0 Å². The minimum absolute atomic E-state index is 0.000908. The maximum Gasteiger partial charge on any atom is 0.324 e. The molecule has 6 bridgehead atoms. The van der Waals surface area contributed by atoms with Crippen LogP contribution < -0.4 is 10.7 Å². The van der Waals surface area contributed by atoms with E-state index in [2.05, 4.69) is 60.9 Å². The molecule has 3 saturated heterocycles. The summed E-state index contributed by atoms with van der Waals surface area (Å²) in [5, 5.41) is 16.9. The Morgan fingerprint density at radius 3 is 2.49 bits per heavy atom. The zero-order valence-electron chi connectivity index (χ0n) is 40.6. The molecule has 15 heteroatoms. The Morgan fingerprint density at radius 2 is 1.78 bits per heavy atom. The number of phenolic OH excluding ortho intramolecular Hbond substituents is 1. The number of methoxy groups -OCH3 is 1. The van der Waals surface area contributed by atoms with Gasteiger partial charge in [0, 0.05) is 74.3 Å². The molecule has 0 aliphatic carbocycles. The predicted octanol–water partition coefficient (Wildman–Crippen LogP) is 6.50. The number of hydrazine groups is 1. The quantitative estimate of drug-likeness (QED) is 0.124. The fraction of sp³-hybridized carbons (Fsp3) is 0.509. The smallest absolute Gasteiger partial charge is 0.324 e. The number of hydrogen-bond donors (Lipinski definition) is 3. The molecule has 6 heterocycles. The zero-order valence-corrected chi connectivity index (χ0v) is 40.6. The van der Waals surface area contributed by atoms with Gasteiger partial charge in [0.25, 0.3) is 5.91 Å². The number of ether oxygens (including phenoxy) is 2. The summed E-state index contributed by atoms with van der Waals surface area (Å²) >= 11 is 0. The van der Waals surface area contributed by atoms with Crippen LogP contribution in [0, 0.1) is 16.7 Å². The highest BCUT2D eigenvalue weighted by Crippen LogP contribution is 2.44. The summed E-state index contributed by atoms with van der Waals surface area (Å²) in [6.07, 6.45) is 5.86. The van der Waals surface area contributed by atoms with Crippen LogP contribution in [0.4, 0.5) is 0 Å². The van der Waals surface area contributed by atoms with Gasteiger partial charge in [-0.2, -0.15) is 0 Å². The van der Waals surface area contributed by atoms with Crippen LogP contribution in [-0.4, -0.2) is 117 Å². The Kier molecular flexibility index (Phi) is 13.9. The molecule has 3 N–H and O–H groups in total. The van der Waals surface area contributed by atoms with Crippen molar-refractivity contribution in [1.29, 1.82) is 0 Å². The van der Waals surface area contributed by atoms with Gasteiger partial charge in [-0.05, 0) is 123 Å². The zero-order chi connectivity index (χ0) is 48.7. The van der Waals surface area contributed by atoms with Crippen molar-refractivity contribution in [3.63, 3.8) is 0 Å². The second kappa shape index (κ2) is 19.5. The van der Waals surface area contributed by atoms with Gasteiger partial charge >= 0.3 is 5.97 Å². The molecular formula is C53H67N7O8. The number of pyridine rings is 1. The lowest BCUT2D eigenvalue weighted by molar-refractivity contribution is -0.155. The molecule has 0 saturated carbocycles. The third kappa shape index (κ3) is 9.39. The second-order valence-corrected chi connectivity index (χ2v) is 20.3. The fourth-order valence-corrected chi connectivity index (χ4v) is 11.0. The first kappa shape index (κ1) is 48.4. The van der Waals surface area contributed by atoms with Gasteiger partial charge in [-0.3, -0.25) is 34.0 Å². The molecule has 362 valence electrons. The van der Waals surface area contributed by atoms with E-state index in [0.29, 0.717) is 70.3 Å². The first-order chi connectivity index (χ1) is 32.5. The molecule has 0 radical (unpaired) electrons. The molecule has 1 unspecified atom stereocenters. The highest BCUT2D eigenvalue weighted by molar-refractivity contribution is 5.97. The Bertz CT molecular complexity index is 2610. The summed E-state index contributed by atoms with van der Waals surface area (Å²) in [6, 6.07) is 12.7. The summed E-state index contributed by atoms with van der Waals surface area (Å²) < 4.78 is 14.2. The van der Waals surface area contributed by atoms with Crippen molar-refractivity contribution < 1.29 is 38.6 Å². The number of esters is 1. The van der Waals surface area contributed by atoms with E-state index in [1.54, 1.807) is 35.2 Å². The highest BCUT2D eigenvalue weighted by atomic mass is 16.5. The SMILES string of the molecule is C=CC(=O)N1CCC2(CC1)CCN(C(C(=O)N[C@H]1Cc3cc(O)cc(c3)-c3ccc4c(c3)c(c(-c3cccnc3[C@H](C)OC)n4CC)CC(C)(C)COC(=O)[C@@H]3CCCN(N3)C1=O)C(C)C)C2=O. The number of nitrogens with zero attached hydrogens (tertiary/aromatic N) is 5. The number of carbonyl (C=O) groups is 5. The van der Waals surface area contributed by atoms with Gasteiger partial charge < -0.3 is 34.3 Å². The lowest BCUT2D eigenvalue weighted by Crippen LogP contribution is -2.62. The van der Waals surface area contributed by atoms with Crippen molar-refractivity contribution >= 4 is 40.5 Å². The van der Waals surface area contributed by atoms with Gasteiger partial charge in [-0.25, -0.2) is 5.43 Å². The van der Waals surface area contributed by atoms with Crippen molar-refractivity contribution in [2.75, 3.05) is 39.9 Å². The van der Waals surface area contributed by atoms with Gasteiger partial charge in [0.05, 0.1) is 29.5 Å². The van der Waals surface area contributed by atoms with Crippen LogP contribution in [0.2, 0.25) is 0 Å². The average Bonchev–Trinajstić information content (AvgIpc) is 3.80. The van der Waals surface area contributed by atoms with Crippen LogP contribution in [0.15, 0.2) is 67.4 Å². The number of phenols is 1. The number of nitrogens with one attached hydrogen (secondary N) is 2. The minimum Gasteiger partial charge on any atom is -0.508 e. The molecule has 2 aromatic carbocycles. The van der Waals surface area contributed by atoms with Gasteiger partial charge in [0.1, 0.15) is 23.9 Å². The molecule has 2 aromatic heterocycles. The molecular weight excluding hydrogens is 863 g/mol. The Morgan fingerprint density at radius 1 is 1.03 bits per heavy atom. The van der Waals surface area contributed by atoms with Crippen molar-refractivity contribution in [1.82, 2.24) is 35.1 Å². The van der Waals surface area contributed by atoms with Crippen molar-refractivity contribution in [2.24, 2.45) is 16.7 Å². The normalized spacial score (nSPS) is 21.7. The average molecular weight is 930 g/mol.